The standard InChI is InChI=1S/C12H7N5/c1-2-8-11-9(4-13-6-16-11)10-5-14-7-17(10)12(8)15-3-1/h1-7H. The summed E-state index contributed by atoms with van der Waals surface area (Å²) in [5.74, 6) is 0. The topological polar surface area (TPSA) is 56.0 Å². The van der Waals surface area contributed by atoms with Crippen LogP contribution in [0.3, 0.4) is 0 Å². The van der Waals surface area contributed by atoms with Gasteiger partial charge in [-0.05, 0) is 12.1 Å². The van der Waals surface area contributed by atoms with E-state index in [1.807, 2.05) is 22.7 Å². The predicted octanol–water partition coefficient (Wildman–Crippen LogP) is 1.83. The van der Waals surface area contributed by atoms with Gasteiger partial charge in [0.1, 0.15) is 18.3 Å². The summed E-state index contributed by atoms with van der Waals surface area (Å²) in [6.45, 7) is 0. The smallest absolute Gasteiger partial charge is 0.147 e. The molecule has 0 atom stereocenters. The van der Waals surface area contributed by atoms with Gasteiger partial charge in [0, 0.05) is 23.2 Å². The first-order valence-corrected chi connectivity index (χ1v) is 5.23. The Morgan fingerprint density at radius 2 is 2.00 bits per heavy atom. The van der Waals surface area contributed by atoms with Crippen molar-refractivity contribution in [3.63, 3.8) is 0 Å². The number of imidazole rings is 1. The fraction of sp³-hybridized carbons (Fsp3) is 0. The number of hydrogen-bond acceptors (Lipinski definition) is 4. The molecule has 5 heteroatoms. The average molecular weight is 221 g/mol. The SMILES string of the molecule is c1cnc2c(c1)c1ncncc1c1cncn12. The molecule has 0 aromatic carbocycles. The van der Waals surface area contributed by atoms with E-state index in [9.17, 15) is 0 Å². The van der Waals surface area contributed by atoms with E-state index in [4.69, 9.17) is 0 Å². The van der Waals surface area contributed by atoms with Gasteiger partial charge in [0.05, 0.1) is 17.2 Å². The second kappa shape index (κ2) is 2.98. The van der Waals surface area contributed by atoms with Crippen LogP contribution in [0.2, 0.25) is 0 Å². The third-order valence-corrected chi connectivity index (χ3v) is 2.90. The van der Waals surface area contributed by atoms with E-state index in [0.717, 1.165) is 27.5 Å². The highest BCUT2D eigenvalue weighted by molar-refractivity contribution is 6.08. The van der Waals surface area contributed by atoms with Gasteiger partial charge in [0.2, 0.25) is 0 Å². The molecule has 4 aromatic rings. The van der Waals surface area contributed by atoms with Gasteiger partial charge >= 0.3 is 0 Å². The number of rotatable bonds is 0. The van der Waals surface area contributed by atoms with Gasteiger partial charge in [-0.25, -0.2) is 19.9 Å². The van der Waals surface area contributed by atoms with Gasteiger partial charge in [-0.15, -0.1) is 0 Å². The summed E-state index contributed by atoms with van der Waals surface area (Å²) < 4.78 is 1.96. The normalized spacial score (nSPS) is 11.5. The number of aromatic nitrogens is 5. The number of pyridine rings is 2. The van der Waals surface area contributed by atoms with Gasteiger partial charge in [-0.2, -0.15) is 0 Å². The summed E-state index contributed by atoms with van der Waals surface area (Å²) in [5.41, 5.74) is 2.76. The van der Waals surface area contributed by atoms with Crippen molar-refractivity contribution in [2.45, 2.75) is 0 Å². The zero-order valence-corrected chi connectivity index (χ0v) is 8.78. The highest BCUT2D eigenvalue weighted by atomic mass is 15.0. The van der Waals surface area contributed by atoms with Gasteiger partial charge in [-0.1, -0.05) is 0 Å². The lowest BCUT2D eigenvalue weighted by Crippen LogP contribution is -1.93. The maximum Gasteiger partial charge on any atom is 0.147 e. The monoisotopic (exact) mass is 221 g/mol. The molecule has 0 fully saturated rings. The van der Waals surface area contributed by atoms with Crippen molar-refractivity contribution in [2.75, 3.05) is 0 Å². The van der Waals surface area contributed by atoms with E-state index < -0.39 is 0 Å². The Balaban J connectivity index is 2.48. The predicted molar refractivity (Wildman–Crippen MR) is 63.6 cm³/mol. The molecule has 0 aliphatic carbocycles. The summed E-state index contributed by atoms with van der Waals surface area (Å²) in [7, 11) is 0. The van der Waals surface area contributed by atoms with Crippen molar-refractivity contribution >= 4 is 27.5 Å². The Bertz CT molecular complexity index is 779. The lowest BCUT2D eigenvalue weighted by molar-refractivity contribution is 1.16. The van der Waals surface area contributed by atoms with Crippen LogP contribution in [-0.4, -0.2) is 24.3 Å². The number of fused-ring (bicyclic) bond motifs is 6. The molecule has 4 rings (SSSR count). The third kappa shape index (κ3) is 1.02. The first-order chi connectivity index (χ1) is 8.45. The van der Waals surface area contributed by atoms with E-state index in [-0.39, 0.29) is 0 Å². The molecule has 0 saturated carbocycles. The van der Waals surface area contributed by atoms with Crippen molar-refractivity contribution in [3.05, 3.63) is 43.4 Å². The molecule has 0 spiro atoms. The zero-order valence-electron chi connectivity index (χ0n) is 8.78. The van der Waals surface area contributed by atoms with Crippen LogP contribution in [0.4, 0.5) is 0 Å². The molecule has 0 amide bonds. The summed E-state index contributed by atoms with van der Waals surface area (Å²) in [6.07, 6.45) is 8.71. The van der Waals surface area contributed by atoms with E-state index in [0.29, 0.717) is 0 Å². The van der Waals surface area contributed by atoms with Crippen molar-refractivity contribution in [2.24, 2.45) is 0 Å². The van der Waals surface area contributed by atoms with Gasteiger partial charge in [0.25, 0.3) is 0 Å². The Kier molecular flexibility index (Phi) is 1.50. The largest absolute Gasteiger partial charge is 0.282 e. The fourth-order valence-corrected chi connectivity index (χ4v) is 2.17. The number of nitrogens with zero attached hydrogens (tertiary/aromatic N) is 5. The first-order valence-electron chi connectivity index (χ1n) is 5.23. The highest BCUT2D eigenvalue weighted by Gasteiger charge is 2.09. The molecule has 0 aliphatic rings. The van der Waals surface area contributed by atoms with Crippen LogP contribution in [0, 0.1) is 0 Å². The minimum atomic E-state index is 0.867. The van der Waals surface area contributed by atoms with Crippen LogP contribution < -0.4 is 0 Å². The Labute approximate surface area is 95.8 Å². The third-order valence-electron chi connectivity index (χ3n) is 2.90. The molecule has 4 aromatic heterocycles. The average Bonchev–Trinajstić information content (AvgIpc) is 2.89. The quantitative estimate of drug-likeness (QED) is 0.425. The molecule has 0 saturated heterocycles. The molecule has 5 nitrogen and oxygen atoms in total. The summed E-state index contributed by atoms with van der Waals surface area (Å²) in [4.78, 5) is 17.0. The highest BCUT2D eigenvalue weighted by Crippen LogP contribution is 2.25. The minimum Gasteiger partial charge on any atom is -0.282 e. The lowest BCUT2D eigenvalue weighted by Gasteiger charge is -2.05. The molecule has 0 unspecified atom stereocenters. The van der Waals surface area contributed by atoms with Crippen LogP contribution >= 0.6 is 0 Å². The van der Waals surface area contributed by atoms with Crippen LogP contribution in [0.15, 0.2) is 43.4 Å². The Hall–Kier alpha value is -2.56. The Morgan fingerprint density at radius 3 is 3.00 bits per heavy atom. The molecule has 0 N–H and O–H groups in total. The van der Waals surface area contributed by atoms with Crippen molar-refractivity contribution in [1.82, 2.24) is 24.3 Å². The van der Waals surface area contributed by atoms with Crippen LogP contribution in [0.5, 0.6) is 0 Å². The molecule has 0 radical (unpaired) electrons. The van der Waals surface area contributed by atoms with Gasteiger partial charge < -0.3 is 0 Å². The maximum atomic E-state index is 4.39. The molecule has 0 bridgehead atoms. The minimum absolute atomic E-state index is 0.867. The molecule has 4 heterocycles. The van der Waals surface area contributed by atoms with E-state index in [1.165, 1.54) is 0 Å². The second-order valence-electron chi connectivity index (χ2n) is 3.81. The summed E-state index contributed by atoms with van der Waals surface area (Å²) in [5, 5.41) is 2.00. The van der Waals surface area contributed by atoms with Crippen LogP contribution in [0.25, 0.3) is 27.5 Å². The maximum absolute atomic E-state index is 4.39. The molecular weight excluding hydrogens is 214 g/mol. The van der Waals surface area contributed by atoms with Crippen molar-refractivity contribution < 1.29 is 0 Å². The van der Waals surface area contributed by atoms with Crippen LogP contribution in [0.1, 0.15) is 0 Å². The molecule has 80 valence electrons. The molecule has 17 heavy (non-hydrogen) atoms. The Morgan fingerprint density at radius 1 is 1.00 bits per heavy atom. The molecular formula is C12H7N5. The van der Waals surface area contributed by atoms with Gasteiger partial charge in [0.15, 0.2) is 0 Å². The van der Waals surface area contributed by atoms with Crippen molar-refractivity contribution in [3.8, 4) is 0 Å². The van der Waals surface area contributed by atoms with Crippen LogP contribution in [-0.2, 0) is 0 Å². The second-order valence-corrected chi connectivity index (χ2v) is 3.81. The summed E-state index contributed by atoms with van der Waals surface area (Å²) in [6, 6.07) is 3.92. The van der Waals surface area contributed by atoms with Crippen molar-refractivity contribution in [1.29, 1.82) is 0 Å². The van der Waals surface area contributed by atoms with Gasteiger partial charge in [-0.3, -0.25) is 4.40 Å². The fourth-order valence-electron chi connectivity index (χ4n) is 2.17. The summed E-state index contributed by atoms with van der Waals surface area (Å²) >= 11 is 0. The first kappa shape index (κ1) is 8.58. The van der Waals surface area contributed by atoms with E-state index in [1.54, 1.807) is 25.0 Å². The number of hydrogen-bond donors (Lipinski definition) is 0. The lowest BCUT2D eigenvalue weighted by atomic mass is 10.2. The van der Waals surface area contributed by atoms with E-state index in [2.05, 4.69) is 19.9 Å². The zero-order chi connectivity index (χ0) is 11.2. The molecule has 0 aliphatic heterocycles. The van der Waals surface area contributed by atoms with E-state index >= 15 is 0 Å².